The van der Waals surface area contributed by atoms with Crippen LogP contribution in [0.3, 0.4) is 0 Å². The highest BCUT2D eigenvalue weighted by Gasteiger charge is 2.34. The highest BCUT2D eigenvalue weighted by atomic mass is 16.5. The molecule has 1 amide bonds. The predicted molar refractivity (Wildman–Crippen MR) is 66.3 cm³/mol. The Balaban J connectivity index is 1.75. The zero-order valence-electron chi connectivity index (χ0n) is 10.5. The number of nitrogens with two attached hydrogens (primary N) is 1. The molecule has 1 unspecified atom stereocenters. The summed E-state index contributed by atoms with van der Waals surface area (Å²) in [6.45, 7) is 3.20. The molecule has 2 heterocycles. The van der Waals surface area contributed by atoms with Crippen LogP contribution in [0.5, 0.6) is 0 Å². The minimum Gasteiger partial charge on any atom is -0.395 e. The molecule has 2 aliphatic rings. The van der Waals surface area contributed by atoms with E-state index in [-0.39, 0.29) is 11.4 Å². The average molecular weight is 250 g/mol. The molecule has 1 aromatic rings. The van der Waals surface area contributed by atoms with Crippen LogP contribution in [0.1, 0.15) is 48.3 Å². The average Bonchev–Trinajstić information content (AvgIpc) is 2.96. The number of rotatable bonds is 3. The van der Waals surface area contributed by atoms with Crippen LogP contribution in [-0.2, 0) is 4.74 Å². The van der Waals surface area contributed by atoms with E-state index in [0.717, 1.165) is 25.0 Å². The fourth-order valence-corrected chi connectivity index (χ4v) is 2.32. The summed E-state index contributed by atoms with van der Waals surface area (Å²) in [5.41, 5.74) is 7.39. The molecule has 1 atom stereocenters. The van der Waals surface area contributed by atoms with Crippen LogP contribution in [0.25, 0.3) is 0 Å². The van der Waals surface area contributed by atoms with Crippen LogP contribution in [0.4, 0.5) is 5.69 Å². The van der Waals surface area contributed by atoms with Crippen LogP contribution in [0.15, 0.2) is 0 Å². The quantitative estimate of drug-likeness (QED) is 0.739. The zero-order chi connectivity index (χ0) is 12.8. The lowest BCUT2D eigenvalue weighted by Gasteiger charge is -2.22. The number of carbonyl (C=O) groups excluding carboxylic acids is 1. The third-order valence-electron chi connectivity index (χ3n) is 3.67. The predicted octanol–water partition coefficient (Wildman–Crippen LogP) is 0.778. The molecule has 0 spiro atoms. The van der Waals surface area contributed by atoms with Crippen molar-refractivity contribution in [3.63, 3.8) is 0 Å². The number of aromatic amines is 1. The van der Waals surface area contributed by atoms with Gasteiger partial charge in [-0.3, -0.25) is 9.89 Å². The molecule has 0 radical (unpaired) electrons. The number of H-pyrrole nitrogens is 1. The monoisotopic (exact) mass is 250 g/mol. The van der Waals surface area contributed by atoms with E-state index < -0.39 is 0 Å². The van der Waals surface area contributed by atoms with E-state index >= 15 is 0 Å². The van der Waals surface area contributed by atoms with Crippen LogP contribution in [-0.4, -0.2) is 34.9 Å². The third kappa shape index (κ3) is 1.96. The summed E-state index contributed by atoms with van der Waals surface area (Å²) in [5.74, 6) is 0.244. The smallest absolute Gasteiger partial charge is 0.274 e. The fourth-order valence-electron chi connectivity index (χ4n) is 2.32. The number of aromatic nitrogens is 2. The molecule has 1 aliphatic carbocycles. The van der Waals surface area contributed by atoms with Crippen LogP contribution in [0.2, 0.25) is 0 Å². The van der Waals surface area contributed by atoms with Gasteiger partial charge >= 0.3 is 0 Å². The molecule has 1 saturated carbocycles. The van der Waals surface area contributed by atoms with Gasteiger partial charge in [-0.2, -0.15) is 5.10 Å². The standard InChI is InChI=1S/C12H18N4O2/c1-12(4-5-18-6-12)14-11(17)10-8(13)9(15-16-10)7-2-3-7/h7H,2-6,13H2,1H3,(H,14,17)(H,15,16). The molecular formula is C12H18N4O2. The van der Waals surface area contributed by atoms with E-state index in [0.29, 0.717) is 30.5 Å². The molecule has 6 heteroatoms. The summed E-state index contributed by atoms with van der Waals surface area (Å²) < 4.78 is 5.31. The van der Waals surface area contributed by atoms with Crippen LogP contribution < -0.4 is 11.1 Å². The van der Waals surface area contributed by atoms with Gasteiger partial charge in [0.15, 0.2) is 5.69 Å². The van der Waals surface area contributed by atoms with Crippen molar-refractivity contribution in [2.75, 3.05) is 18.9 Å². The lowest BCUT2D eigenvalue weighted by molar-refractivity contribution is 0.0885. The maximum atomic E-state index is 12.2. The SMILES string of the molecule is CC1(NC(=O)c2n[nH]c(C3CC3)c2N)CCOC1. The van der Waals surface area contributed by atoms with E-state index in [1.807, 2.05) is 6.92 Å². The molecule has 2 fully saturated rings. The number of amides is 1. The Morgan fingerprint density at radius 1 is 1.61 bits per heavy atom. The maximum Gasteiger partial charge on any atom is 0.274 e. The van der Waals surface area contributed by atoms with E-state index in [1.165, 1.54) is 0 Å². The van der Waals surface area contributed by atoms with Crippen molar-refractivity contribution in [2.45, 2.75) is 37.6 Å². The molecule has 1 saturated heterocycles. The zero-order valence-corrected chi connectivity index (χ0v) is 10.5. The van der Waals surface area contributed by atoms with Gasteiger partial charge in [-0.15, -0.1) is 0 Å². The number of hydrogen-bond acceptors (Lipinski definition) is 4. The first kappa shape index (κ1) is 11.5. The Kier molecular flexibility index (Phi) is 2.55. The van der Waals surface area contributed by atoms with Crippen molar-refractivity contribution in [3.8, 4) is 0 Å². The lowest BCUT2D eigenvalue weighted by atomic mass is 10.0. The minimum absolute atomic E-state index is 0.219. The van der Waals surface area contributed by atoms with Gasteiger partial charge < -0.3 is 15.8 Å². The largest absolute Gasteiger partial charge is 0.395 e. The molecule has 4 N–H and O–H groups in total. The van der Waals surface area contributed by atoms with E-state index in [9.17, 15) is 4.79 Å². The summed E-state index contributed by atoms with van der Waals surface area (Å²) >= 11 is 0. The molecule has 0 bridgehead atoms. The number of nitrogens with one attached hydrogen (secondary N) is 2. The van der Waals surface area contributed by atoms with Gasteiger partial charge in [0, 0.05) is 12.5 Å². The van der Waals surface area contributed by atoms with E-state index in [2.05, 4.69) is 15.5 Å². The molecule has 18 heavy (non-hydrogen) atoms. The Labute approximate surface area is 105 Å². The lowest BCUT2D eigenvalue weighted by Crippen LogP contribution is -2.46. The summed E-state index contributed by atoms with van der Waals surface area (Å²) in [7, 11) is 0. The number of carbonyl (C=O) groups is 1. The highest BCUT2D eigenvalue weighted by Crippen LogP contribution is 2.42. The normalized spacial score (nSPS) is 27.4. The first-order valence-corrected chi connectivity index (χ1v) is 6.33. The summed E-state index contributed by atoms with van der Waals surface area (Å²) in [5, 5.41) is 9.89. The van der Waals surface area contributed by atoms with Crippen molar-refractivity contribution >= 4 is 11.6 Å². The van der Waals surface area contributed by atoms with Gasteiger partial charge in [0.25, 0.3) is 5.91 Å². The molecular weight excluding hydrogens is 232 g/mol. The summed E-state index contributed by atoms with van der Waals surface area (Å²) in [6, 6.07) is 0. The fraction of sp³-hybridized carbons (Fsp3) is 0.667. The molecule has 98 valence electrons. The first-order chi connectivity index (χ1) is 8.59. The number of ether oxygens (including phenoxy) is 1. The maximum absolute atomic E-state index is 12.2. The Morgan fingerprint density at radius 2 is 2.39 bits per heavy atom. The van der Waals surface area contributed by atoms with Gasteiger partial charge in [0.05, 0.1) is 23.5 Å². The Hall–Kier alpha value is -1.56. The van der Waals surface area contributed by atoms with E-state index in [4.69, 9.17) is 10.5 Å². The topological polar surface area (TPSA) is 93.0 Å². The second-order valence-electron chi connectivity index (χ2n) is 5.49. The van der Waals surface area contributed by atoms with Crippen molar-refractivity contribution in [1.82, 2.24) is 15.5 Å². The van der Waals surface area contributed by atoms with Gasteiger partial charge in [-0.05, 0) is 26.2 Å². The van der Waals surface area contributed by atoms with Crippen LogP contribution in [0, 0.1) is 0 Å². The van der Waals surface area contributed by atoms with Crippen LogP contribution >= 0.6 is 0 Å². The van der Waals surface area contributed by atoms with Gasteiger partial charge in [-0.25, -0.2) is 0 Å². The van der Waals surface area contributed by atoms with Gasteiger partial charge in [0.2, 0.25) is 0 Å². The number of nitrogens with zero attached hydrogens (tertiary/aromatic N) is 1. The molecule has 6 nitrogen and oxygen atoms in total. The van der Waals surface area contributed by atoms with Crippen molar-refractivity contribution in [2.24, 2.45) is 0 Å². The number of hydrogen-bond donors (Lipinski definition) is 3. The van der Waals surface area contributed by atoms with Crippen molar-refractivity contribution in [3.05, 3.63) is 11.4 Å². The second-order valence-corrected chi connectivity index (χ2v) is 5.49. The first-order valence-electron chi connectivity index (χ1n) is 6.33. The molecule has 3 rings (SSSR count). The molecule has 0 aromatic carbocycles. The number of anilines is 1. The van der Waals surface area contributed by atoms with Gasteiger partial charge in [0.1, 0.15) is 0 Å². The number of nitrogen functional groups attached to an aromatic ring is 1. The van der Waals surface area contributed by atoms with Gasteiger partial charge in [-0.1, -0.05) is 0 Å². The third-order valence-corrected chi connectivity index (χ3v) is 3.67. The highest BCUT2D eigenvalue weighted by molar-refractivity contribution is 5.98. The van der Waals surface area contributed by atoms with E-state index in [1.54, 1.807) is 0 Å². The summed E-state index contributed by atoms with van der Waals surface area (Å²) in [6.07, 6.45) is 3.07. The van der Waals surface area contributed by atoms with Crippen molar-refractivity contribution < 1.29 is 9.53 Å². The second kappa shape index (κ2) is 3.98. The Bertz CT molecular complexity index is 472. The van der Waals surface area contributed by atoms with Crippen molar-refractivity contribution in [1.29, 1.82) is 0 Å². The molecule has 1 aromatic heterocycles. The molecule has 1 aliphatic heterocycles. The summed E-state index contributed by atoms with van der Waals surface area (Å²) in [4.78, 5) is 12.2. The minimum atomic E-state index is -0.303. The Morgan fingerprint density at radius 3 is 3.00 bits per heavy atom.